The van der Waals surface area contributed by atoms with E-state index >= 15 is 0 Å². The van der Waals surface area contributed by atoms with E-state index in [1.54, 1.807) is 6.20 Å². The zero-order valence-corrected chi connectivity index (χ0v) is 9.77. The molecular formula is C11H20N4. The van der Waals surface area contributed by atoms with Crippen LogP contribution in [0.3, 0.4) is 0 Å². The average Bonchev–Trinajstić information content (AvgIpc) is 2.25. The molecule has 84 valence electrons. The minimum Gasteiger partial charge on any atom is -0.369 e. The Morgan fingerprint density at radius 2 is 2.27 bits per heavy atom. The van der Waals surface area contributed by atoms with Gasteiger partial charge in [0.2, 0.25) is 0 Å². The van der Waals surface area contributed by atoms with Gasteiger partial charge in [-0.05, 0) is 46.0 Å². The van der Waals surface area contributed by atoms with Crippen LogP contribution in [-0.4, -0.2) is 41.3 Å². The zero-order chi connectivity index (χ0) is 11.1. The fraction of sp³-hybridized carbons (Fsp3) is 0.636. The van der Waals surface area contributed by atoms with Crippen molar-refractivity contribution in [2.45, 2.75) is 26.3 Å². The van der Waals surface area contributed by atoms with E-state index in [0.717, 1.165) is 25.3 Å². The van der Waals surface area contributed by atoms with Gasteiger partial charge in [-0.25, -0.2) is 0 Å². The highest BCUT2D eigenvalue weighted by Crippen LogP contribution is 1.99. The van der Waals surface area contributed by atoms with E-state index in [4.69, 9.17) is 0 Å². The van der Waals surface area contributed by atoms with Crippen LogP contribution < -0.4 is 5.32 Å². The molecule has 0 aliphatic carbocycles. The Balaban J connectivity index is 2.12. The van der Waals surface area contributed by atoms with Crippen molar-refractivity contribution >= 4 is 5.82 Å². The molecule has 0 spiro atoms. The van der Waals surface area contributed by atoms with Crippen LogP contribution in [0.15, 0.2) is 18.3 Å². The number of anilines is 1. The van der Waals surface area contributed by atoms with Gasteiger partial charge in [-0.2, -0.15) is 5.10 Å². The third-order valence-corrected chi connectivity index (χ3v) is 2.45. The quantitative estimate of drug-likeness (QED) is 0.721. The molecule has 0 fully saturated rings. The highest BCUT2D eigenvalue weighted by atomic mass is 15.2. The lowest BCUT2D eigenvalue weighted by Crippen LogP contribution is -2.28. The number of nitrogens with one attached hydrogen (secondary N) is 1. The summed E-state index contributed by atoms with van der Waals surface area (Å²) < 4.78 is 0. The first-order valence-electron chi connectivity index (χ1n) is 5.42. The van der Waals surface area contributed by atoms with Crippen LogP contribution in [0.5, 0.6) is 0 Å². The fourth-order valence-corrected chi connectivity index (χ4v) is 1.20. The summed E-state index contributed by atoms with van der Waals surface area (Å²) in [6.45, 7) is 6.45. The SMILES string of the molecule is CC(C)N(C)CCCNc1cccnn1. The van der Waals surface area contributed by atoms with Crippen LogP contribution >= 0.6 is 0 Å². The van der Waals surface area contributed by atoms with Gasteiger partial charge in [0.1, 0.15) is 5.82 Å². The Morgan fingerprint density at radius 3 is 2.87 bits per heavy atom. The highest BCUT2D eigenvalue weighted by molar-refractivity contribution is 5.30. The van der Waals surface area contributed by atoms with E-state index in [1.165, 1.54) is 0 Å². The molecule has 0 aliphatic rings. The van der Waals surface area contributed by atoms with E-state index in [2.05, 4.69) is 41.3 Å². The molecule has 0 aliphatic heterocycles. The first-order valence-corrected chi connectivity index (χ1v) is 5.42. The number of hydrogen-bond donors (Lipinski definition) is 1. The van der Waals surface area contributed by atoms with Crippen molar-refractivity contribution in [3.63, 3.8) is 0 Å². The van der Waals surface area contributed by atoms with Gasteiger partial charge in [0.15, 0.2) is 0 Å². The summed E-state index contributed by atoms with van der Waals surface area (Å²) >= 11 is 0. The number of nitrogens with zero attached hydrogens (tertiary/aromatic N) is 3. The molecular weight excluding hydrogens is 188 g/mol. The summed E-state index contributed by atoms with van der Waals surface area (Å²) in [6, 6.07) is 4.43. The predicted molar refractivity (Wildman–Crippen MR) is 62.9 cm³/mol. The van der Waals surface area contributed by atoms with Crippen molar-refractivity contribution in [1.29, 1.82) is 0 Å². The zero-order valence-electron chi connectivity index (χ0n) is 9.77. The fourth-order valence-electron chi connectivity index (χ4n) is 1.20. The Kier molecular flexibility index (Phi) is 5.04. The second-order valence-electron chi connectivity index (χ2n) is 3.96. The first kappa shape index (κ1) is 11.9. The van der Waals surface area contributed by atoms with Gasteiger partial charge >= 0.3 is 0 Å². The minimum absolute atomic E-state index is 0.613. The third-order valence-electron chi connectivity index (χ3n) is 2.45. The molecule has 1 aromatic rings. The van der Waals surface area contributed by atoms with Crippen molar-refractivity contribution < 1.29 is 0 Å². The van der Waals surface area contributed by atoms with Crippen LogP contribution in [0.1, 0.15) is 20.3 Å². The average molecular weight is 208 g/mol. The molecule has 1 N–H and O–H groups in total. The Bertz CT molecular complexity index is 261. The van der Waals surface area contributed by atoms with Crippen molar-refractivity contribution in [2.24, 2.45) is 0 Å². The second-order valence-corrected chi connectivity index (χ2v) is 3.96. The molecule has 4 heteroatoms. The first-order chi connectivity index (χ1) is 7.20. The molecule has 1 heterocycles. The van der Waals surface area contributed by atoms with Crippen molar-refractivity contribution in [2.75, 3.05) is 25.5 Å². The minimum atomic E-state index is 0.613. The molecule has 0 unspecified atom stereocenters. The van der Waals surface area contributed by atoms with Gasteiger partial charge in [0, 0.05) is 18.8 Å². The van der Waals surface area contributed by atoms with Crippen LogP contribution in [0.4, 0.5) is 5.82 Å². The number of aromatic nitrogens is 2. The van der Waals surface area contributed by atoms with E-state index in [0.29, 0.717) is 6.04 Å². The smallest absolute Gasteiger partial charge is 0.148 e. The Labute approximate surface area is 91.7 Å². The maximum atomic E-state index is 3.96. The van der Waals surface area contributed by atoms with Gasteiger partial charge in [0.05, 0.1) is 0 Å². The maximum Gasteiger partial charge on any atom is 0.148 e. The molecule has 0 saturated carbocycles. The number of hydrogen-bond acceptors (Lipinski definition) is 4. The molecule has 0 radical (unpaired) electrons. The lowest BCUT2D eigenvalue weighted by Gasteiger charge is -2.20. The summed E-state index contributed by atoms with van der Waals surface area (Å²) in [4.78, 5) is 2.33. The van der Waals surface area contributed by atoms with Gasteiger partial charge in [-0.15, -0.1) is 5.10 Å². The topological polar surface area (TPSA) is 41.0 Å². The standard InChI is InChI=1S/C11H20N4/c1-10(2)15(3)9-5-7-12-11-6-4-8-13-14-11/h4,6,8,10H,5,7,9H2,1-3H3,(H,12,14). The van der Waals surface area contributed by atoms with Crippen LogP contribution in [0.2, 0.25) is 0 Å². The van der Waals surface area contributed by atoms with Gasteiger partial charge in [-0.3, -0.25) is 0 Å². The second kappa shape index (κ2) is 6.35. The number of rotatable bonds is 6. The highest BCUT2D eigenvalue weighted by Gasteiger charge is 2.01. The van der Waals surface area contributed by atoms with Crippen LogP contribution in [-0.2, 0) is 0 Å². The Hall–Kier alpha value is -1.16. The maximum absolute atomic E-state index is 3.96. The van der Waals surface area contributed by atoms with Crippen LogP contribution in [0, 0.1) is 0 Å². The monoisotopic (exact) mass is 208 g/mol. The summed E-state index contributed by atoms with van der Waals surface area (Å²) in [5, 5.41) is 11.0. The lowest BCUT2D eigenvalue weighted by molar-refractivity contribution is 0.273. The molecule has 1 rings (SSSR count). The Morgan fingerprint density at radius 1 is 1.47 bits per heavy atom. The van der Waals surface area contributed by atoms with E-state index < -0.39 is 0 Å². The van der Waals surface area contributed by atoms with Gasteiger partial charge < -0.3 is 10.2 Å². The summed E-state index contributed by atoms with van der Waals surface area (Å²) in [6.07, 6.45) is 2.79. The van der Waals surface area contributed by atoms with Gasteiger partial charge in [-0.1, -0.05) is 0 Å². The van der Waals surface area contributed by atoms with Crippen molar-refractivity contribution in [3.05, 3.63) is 18.3 Å². The van der Waals surface area contributed by atoms with Crippen LogP contribution in [0.25, 0.3) is 0 Å². The predicted octanol–water partition coefficient (Wildman–Crippen LogP) is 1.62. The molecule has 0 atom stereocenters. The summed E-state index contributed by atoms with van der Waals surface area (Å²) in [7, 11) is 2.15. The normalized spacial score (nSPS) is 11.0. The third kappa shape index (κ3) is 4.74. The molecule has 0 bridgehead atoms. The van der Waals surface area contributed by atoms with E-state index in [-0.39, 0.29) is 0 Å². The molecule has 0 saturated heterocycles. The van der Waals surface area contributed by atoms with E-state index in [1.807, 2.05) is 12.1 Å². The molecule has 0 amide bonds. The van der Waals surface area contributed by atoms with Crippen molar-refractivity contribution in [3.8, 4) is 0 Å². The molecule has 15 heavy (non-hydrogen) atoms. The summed E-state index contributed by atoms with van der Waals surface area (Å²) in [5.74, 6) is 0.852. The molecule has 0 aromatic carbocycles. The molecule has 1 aromatic heterocycles. The summed E-state index contributed by atoms with van der Waals surface area (Å²) in [5.41, 5.74) is 0. The largest absolute Gasteiger partial charge is 0.369 e. The molecule has 4 nitrogen and oxygen atoms in total. The van der Waals surface area contributed by atoms with E-state index in [9.17, 15) is 0 Å². The van der Waals surface area contributed by atoms with Gasteiger partial charge in [0.25, 0.3) is 0 Å². The lowest BCUT2D eigenvalue weighted by atomic mass is 10.3. The van der Waals surface area contributed by atoms with Crippen molar-refractivity contribution in [1.82, 2.24) is 15.1 Å².